The maximum atomic E-state index is 12.2. The molecule has 1 saturated carbocycles. The van der Waals surface area contributed by atoms with Crippen molar-refractivity contribution in [3.8, 4) is 0 Å². The van der Waals surface area contributed by atoms with E-state index in [1.807, 2.05) is 22.4 Å². The summed E-state index contributed by atoms with van der Waals surface area (Å²) in [7, 11) is 0. The van der Waals surface area contributed by atoms with Crippen LogP contribution < -0.4 is 5.32 Å². The number of nitrogens with zero attached hydrogens (tertiary/aromatic N) is 1. The number of hydrogen-bond acceptors (Lipinski definition) is 3. The number of carbonyl (C=O) groups is 2. The van der Waals surface area contributed by atoms with Gasteiger partial charge in [-0.25, -0.2) is 4.79 Å². The summed E-state index contributed by atoms with van der Waals surface area (Å²) in [5.74, 6) is -0.908. The summed E-state index contributed by atoms with van der Waals surface area (Å²) in [4.78, 5) is 26.2. The highest BCUT2D eigenvalue weighted by Crippen LogP contribution is 2.29. The van der Waals surface area contributed by atoms with Crippen LogP contribution in [0.4, 0.5) is 4.79 Å². The van der Waals surface area contributed by atoms with Crippen molar-refractivity contribution in [1.29, 1.82) is 0 Å². The Labute approximate surface area is 122 Å². The van der Waals surface area contributed by atoms with E-state index in [1.165, 1.54) is 0 Å². The average Bonchev–Trinajstić information content (AvgIpc) is 3.10. The van der Waals surface area contributed by atoms with E-state index in [0.29, 0.717) is 12.6 Å². The molecule has 1 aromatic rings. The van der Waals surface area contributed by atoms with Gasteiger partial charge in [-0.3, -0.25) is 4.79 Å². The summed E-state index contributed by atoms with van der Waals surface area (Å²) in [5, 5.41) is 13.8. The van der Waals surface area contributed by atoms with Gasteiger partial charge in [0, 0.05) is 17.5 Å². The van der Waals surface area contributed by atoms with E-state index in [4.69, 9.17) is 5.11 Å². The molecule has 1 aliphatic carbocycles. The first-order valence-corrected chi connectivity index (χ1v) is 7.58. The number of rotatable bonds is 6. The summed E-state index contributed by atoms with van der Waals surface area (Å²) in [6, 6.07) is 4.10. The van der Waals surface area contributed by atoms with Crippen LogP contribution in [0, 0.1) is 5.41 Å². The lowest BCUT2D eigenvalue weighted by atomic mass is 9.94. The van der Waals surface area contributed by atoms with Crippen LogP contribution in [0.25, 0.3) is 0 Å². The lowest BCUT2D eigenvalue weighted by molar-refractivity contribution is -0.146. The second-order valence-corrected chi connectivity index (χ2v) is 6.82. The Kier molecular flexibility index (Phi) is 4.32. The molecule has 0 aliphatic heterocycles. The molecule has 0 saturated heterocycles. The molecule has 1 fully saturated rings. The van der Waals surface area contributed by atoms with Crippen molar-refractivity contribution >= 4 is 23.3 Å². The predicted octanol–water partition coefficient (Wildman–Crippen LogP) is 2.53. The van der Waals surface area contributed by atoms with Crippen LogP contribution in [0.3, 0.4) is 0 Å². The number of urea groups is 1. The van der Waals surface area contributed by atoms with Crippen molar-refractivity contribution in [1.82, 2.24) is 10.2 Å². The Morgan fingerprint density at radius 2 is 2.20 bits per heavy atom. The molecule has 0 radical (unpaired) electrons. The van der Waals surface area contributed by atoms with Gasteiger partial charge in [-0.05, 0) is 38.1 Å². The molecule has 0 aromatic carbocycles. The lowest BCUT2D eigenvalue weighted by Gasteiger charge is -2.25. The van der Waals surface area contributed by atoms with Crippen LogP contribution in [0.5, 0.6) is 0 Å². The van der Waals surface area contributed by atoms with Gasteiger partial charge in [-0.2, -0.15) is 0 Å². The van der Waals surface area contributed by atoms with Crippen molar-refractivity contribution in [3.63, 3.8) is 0 Å². The Hall–Kier alpha value is -1.56. The molecule has 1 heterocycles. The van der Waals surface area contributed by atoms with E-state index in [1.54, 1.807) is 25.2 Å². The van der Waals surface area contributed by atoms with Crippen LogP contribution in [-0.2, 0) is 11.3 Å². The molecule has 2 amide bonds. The van der Waals surface area contributed by atoms with Crippen LogP contribution in [0.1, 0.15) is 31.6 Å². The van der Waals surface area contributed by atoms with Gasteiger partial charge in [-0.15, -0.1) is 11.3 Å². The Morgan fingerprint density at radius 3 is 2.70 bits per heavy atom. The molecule has 0 spiro atoms. The molecule has 110 valence electrons. The van der Waals surface area contributed by atoms with Gasteiger partial charge in [0.05, 0.1) is 12.0 Å². The summed E-state index contributed by atoms with van der Waals surface area (Å²) in [6.45, 7) is 3.95. The highest BCUT2D eigenvalue weighted by molar-refractivity contribution is 7.09. The Balaban J connectivity index is 1.92. The molecule has 1 aliphatic rings. The monoisotopic (exact) mass is 296 g/mol. The van der Waals surface area contributed by atoms with Gasteiger partial charge in [0.1, 0.15) is 0 Å². The maximum absolute atomic E-state index is 12.2. The minimum Gasteiger partial charge on any atom is -0.481 e. The third-order valence-corrected chi connectivity index (χ3v) is 4.28. The van der Waals surface area contributed by atoms with E-state index in [2.05, 4.69) is 5.32 Å². The topological polar surface area (TPSA) is 69.6 Å². The lowest BCUT2D eigenvalue weighted by Crippen LogP contribution is -2.46. The number of amides is 2. The van der Waals surface area contributed by atoms with Crippen LogP contribution in [0.2, 0.25) is 0 Å². The second-order valence-electron chi connectivity index (χ2n) is 5.79. The van der Waals surface area contributed by atoms with Crippen LogP contribution in [0.15, 0.2) is 17.5 Å². The fourth-order valence-corrected chi connectivity index (χ4v) is 2.50. The van der Waals surface area contributed by atoms with Gasteiger partial charge >= 0.3 is 12.0 Å². The van der Waals surface area contributed by atoms with Crippen molar-refractivity contribution in [2.24, 2.45) is 5.41 Å². The fourth-order valence-electron chi connectivity index (χ4n) is 1.80. The van der Waals surface area contributed by atoms with E-state index in [0.717, 1.165) is 17.7 Å². The molecule has 2 N–H and O–H groups in total. The number of nitrogens with one attached hydrogen (secondary N) is 1. The Bertz CT molecular complexity index is 481. The zero-order valence-corrected chi connectivity index (χ0v) is 12.6. The van der Waals surface area contributed by atoms with Crippen molar-refractivity contribution in [3.05, 3.63) is 22.4 Å². The molecule has 0 bridgehead atoms. The summed E-state index contributed by atoms with van der Waals surface area (Å²) < 4.78 is 0. The predicted molar refractivity (Wildman–Crippen MR) is 77.7 cm³/mol. The van der Waals surface area contributed by atoms with Crippen LogP contribution >= 0.6 is 11.3 Å². The van der Waals surface area contributed by atoms with E-state index < -0.39 is 11.4 Å². The first kappa shape index (κ1) is 14.8. The van der Waals surface area contributed by atoms with Crippen molar-refractivity contribution in [2.45, 2.75) is 39.3 Å². The molecule has 5 nitrogen and oxygen atoms in total. The van der Waals surface area contributed by atoms with Gasteiger partial charge in [0.2, 0.25) is 0 Å². The van der Waals surface area contributed by atoms with Gasteiger partial charge < -0.3 is 15.3 Å². The SMILES string of the molecule is CC(C)(CNC(=O)N(Cc1cccs1)C1CC1)C(=O)O. The van der Waals surface area contributed by atoms with Crippen LogP contribution in [-0.4, -0.2) is 34.6 Å². The molecule has 6 heteroatoms. The molecular formula is C14H20N2O3S. The Morgan fingerprint density at radius 1 is 1.50 bits per heavy atom. The van der Waals surface area contributed by atoms with E-state index in [-0.39, 0.29) is 12.6 Å². The number of carboxylic acids is 1. The number of hydrogen-bond donors (Lipinski definition) is 2. The summed E-state index contributed by atoms with van der Waals surface area (Å²) in [6.07, 6.45) is 2.06. The van der Waals surface area contributed by atoms with Gasteiger partial charge in [0.15, 0.2) is 0 Å². The van der Waals surface area contributed by atoms with Crippen molar-refractivity contribution < 1.29 is 14.7 Å². The second kappa shape index (κ2) is 5.83. The molecule has 0 atom stereocenters. The van der Waals surface area contributed by atoms with E-state index in [9.17, 15) is 9.59 Å². The fraction of sp³-hybridized carbons (Fsp3) is 0.571. The zero-order valence-electron chi connectivity index (χ0n) is 11.8. The summed E-state index contributed by atoms with van der Waals surface area (Å²) in [5.41, 5.74) is -0.951. The zero-order chi connectivity index (χ0) is 14.8. The molecular weight excluding hydrogens is 276 g/mol. The average molecular weight is 296 g/mol. The van der Waals surface area contributed by atoms with Gasteiger partial charge in [0.25, 0.3) is 0 Å². The number of carboxylic acid groups (broad SMARTS) is 1. The van der Waals surface area contributed by atoms with Crippen molar-refractivity contribution in [2.75, 3.05) is 6.54 Å². The molecule has 2 rings (SSSR count). The maximum Gasteiger partial charge on any atom is 0.318 e. The molecule has 0 unspecified atom stereocenters. The largest absolute Gasteiger partial charge is 0.481 e. The number of carbonyl (C=O) groups excluding carboxylic acids is 1. The van der Waals surface area contributed by atoms with E-state index >= 15 is 0 Å². The minimum atomic E-state index is -0.951. The highest BCUT2D eigenvalue weighted by atomic mass is 32.1. The minimum absolute atomic E-state index is 0.134. The number of thiophene rings is 1. The number of aliphatic carboxylic acids is 1. The first-order chi connectivity index (χ1) is 9.40. The first-order valence-electron chi connectivity index (χ1n) is 6.70. The highest BCUT2D eigenvalue weighted by Gasteiger charge is 2.34. The molecule has 20 heavy (non-hydrogen) atoms. The standard InChI is InChI=1S/C14H20N2O3S/c1-14(2,12(17)18)9-15-13(19)16(10-5-6-10)8-11-4-3-7-20-11/h3-4,7,10H,5-6,8-9H2,1-2H3,(H,15,19)(H,17,18). The third-order valence-electron chi connectivity index (χ3n) is 3.42. The smallest absolute Gasteiger partial charge is 0.318 e. The quantitative estimate of drug-likeness (QED) is 0.847. The summed E-state index contributed by atoms with van der Waals surface area (Å²) >= 11 is 1.63. The third kappa shape index (κ3) is 3.72. The molecule has 1 aromatic heterocycles. The normalized spacial score (nSPS) is 14.9. The van der Waals surface area contributed by atoms with Gasteiger partial charge in [-0.1, -0.05) is 6.07 Å².